The standard InChI is InChI=1S/C43H51NO13/c1-8-22(2)37(50)44-31(25-15-11-9-12-16-25)33(48)39(52)55-27-20-43(53)36(56-38(51)26-17-13-10-14-18-26)34-41(7,35(49)32(47)30(23(27)3)40(43,5)6)28(46)19-29-42(34,21-54-29)57-24(4)45/h8-18,27-29,31-34,36,46-48,53H,19-21H2,1-7H3,(H,44,50)/b22-8-/t27-,28+,29+,31-,32+,33+,34-,36-,41+,42-,43+/m0/s1. The molecule has 1 heterocycles. The van der Waals surface area contributed by atoms with E-state index in [1.807, 2.05) is 0 Å². The molecule has 0 unspecified atom stereocenters. The van der Waals surface area contributed by atoms with Crippen LogP contribution in [0.25, 0.3) is 0 Å². The molecule has 4 aliphatic rings. The van der Waals surface area contributed by atoms with Crippen molar-refractivity contribution in [1.82, 2.24) is 5.32 Å². The van der Waals surface area contributed by atoms with Gasteiger partial charge in [-0.1, -0.05) is 68.5 Å². The maximum atomic E-state index is 14.9. The quantitative estimate of drug-likeness (QED) is 0.107. The first-order valence-corrected chi connectivity index (χ1v) is 19.0. The minimum absolute atomic E-state index is 0.0497. The predicted octanol–water partition coefficient (Wildman–Crippen LogP) is 2.82. The van der Waals surface area contributed by atoms with Crippen LogP contribution in [0.2, 0.25) is 0 Å². The number of carbonyl (C=O) groups excluding carboxylic acids is 5. The summed E-state index contributed by atoms with van der Waals surface area (Å²) in [4.78, 5) is 68.9. The summed E-state index contributed by atoms with van der Waals surface area (Å²) in [5.74, 6) is -5.84. The first kappa shape index (κ1) is 41.9. The fourth-order valence-corrected chi connectivity index (χ4v) is 9.51. The Morgan fingerprint density at radius 3 is 2.14 bits per heavy atom. The van der Waals surface area contributed by atoms with Gasteiger partial charge >= 0.3 is 17.9 Å². The molecule has 2 bridgehead atoms. The Bertz CT molecular complexity index is 1990. The molecular weight excluding hydrogens is 738 g/mol. The lowest BCUT2D eigenvalue weighted by atomic mass is 9.44. The molecule has 0 radical (unpaired) electrons. The largest absolute Gasteiger partial charge is 0.456 e. The molecule has 1 aliphatic heterocycles. The van der Waals surface area contributed by atoms with Crippen LogP contribution in [0.5, 0.6) is 0 Å². The second kappa shape index (κ2) is 15.2. The summed E-state index contributed by atoms with van der Waals surface area (Å²) < 4.78 is 24.1. The van der Waals surface area contributed by atoms with Crippen molar-refractivity contribution in [3.05, 3.63) is 94.6 Å². The van der Waals surface area contributed by atoms with E-state index in [9.17, 15) is 44.4 Å². The third-order valence-electron chi connectivity index (χ3n) is 13.0. The topological polar surface area (TPSA) is 215 Å². The Kier molecular flexibility index (Phi) is 11.2. The maximum absolute atomic E-state index is 14.9. The van der Waals surface area contributed by atoms with Gasteiger partial charge in [-0.3, -0.25) is 14.4 Å². The summed E-state index contributed by atoms with van der Waals surface area (Å²) in [6, 6.07) is 14.9. The smallest absolute Gasteiger partial charge is 0.338 e. The Morgan fingerprint density at radius 1 is 0.965 bits per heavy atom. The molecule has 57 heavy (non-hydrogen) atoms. The van der Waals surface area contributed by atoms with Crippen molar-refractivity contribution < 1.29 is 63.3 Å². The van der Waals surface area contributed by atoms with Gasteiger partial charge in [-0.05, 0) is 56.5 Å². The van der Waals surface area contributed by atoms with Crippen LogP contribution in [0.3, 0.4) is 0 Å². The molecule has 0 aromatic heterocycles. The number of ketones is 1. The van der Waals surface area contributed by atoms with E-state index < -0.39 is 107 Å². The number of aliphatic hydroxyl groups excluding tert-OH is 3. The lowest BCUT2D eigenvalue weighted by Crippen LogP contribution is -2.81. The minimum Gasteiger partial charge on any atom is -0.456 e. The fraction of sp³-hybridized carbons (Fsp3) is 0.512. The van der Waals surface area contributed by atoms with Crippen LogP contribution in [0.15, 0.2) is 83.5 Å². The zero-order chi connectivity index (χ0) is 41.8. The van der Waals surface area contributed by atoms with Crippen LogP contribution in [0.4, 0.5) is 0 Å². The molecular formula is C43H51NO13. The molecule has 1 amide bonds. The zero-order valence-corrected chi connectivity index (χ0v) is 33.1. The molecule has 14 heteroatoms. The normalized spacial score (nSPS) is 34.2. The molecule has 2 aromatic carbocycles. The van der Waals surface area contributed by atoms with Crippen LogP contribution in [0.1, 0.15) is 83.3 Å². The number of aliphatic hydroxyl groups is 4. The van der Waals surface area contributed by atoms with E-state index in [0.29, 0.717) is 11.1 Å². The average Bonchev–Trinajstić information content (AvgIpc) is 3.18. The Balaban J connectivity index is 1.50. The Hall–Kier alpha value is -4.73. The molecule has 11 atom stereocenters. The number of Topliss-reactive ketones (excluding diaryl/α,β-unsaturated/α-hetero) is 1. The van der Waals surface area contributed by atoms with Crippen LogP contribution >= 0.6 is 0 Å². The number of fused-ring (bicyclic) bond motifs is 5. The van der Waals surface area contributed by atoms with Gasteiger partial charge in [0.25, 0.3) is 0 Å². The van der Waals surface area contributed by atoms with Gasteiger partial charge in [0, 0.05) is 30.8 Å². The van der Waals surface area contributed by atoms with Crippen LogP contribution in [0, 0.1) is 16.7 Å². The summed E-state index contributed by atoms with van der Waals surface area (Å²) in [6.07, 6.45) is -8.83. The lowest BCUT2D eigenvalue weighted by Gasteiger charge is -2.67. The van der Waals surface area contributed by atoms with Crippen molar-refractivity contribution in [2.24, 2.45) is 16.7 Å². The van der Waals surface area contributed by atoms with Crippen molar-refractivity contribution in [1.29, 1.82) is 0 Å². The van der Waals surface area contributed by atoms with Crippen molar-refractivity contribution in [2.75, 3.05) is 6.61 Å². The fourth-order valence-electron chi connectivity index (χ4n) is 9.51. The molecule has 306 valence electrons. The summed E-state index contributed by atoms with van der Waals surface area (Å²) in [5, 5.41) is 51.7. The molecule has 1 saturated heterocycles. The van der Waals surface area contributed by atoms with Crippen LogP contribution in [-0.4, -0.2) is 104 Å². The predicted molar refractivity (Wildman–Crippen MR) is 202 cm³/mol. The number of carbonyl (C=O) groups is 5. The van der Waals surface area contributed by atoms with Gasteiger partial charge in [0.2, 0.25) is 5.91 Å². The van der Waals surface area contributed by atoms with E-state index in [2.05, 4.69) is 5.32 Å². The van der Waals surface area contributed by atoms with Crippen LogP contribution < -0.4 is 5.32 Å². The van der Waals surface area contributed by atoms with Gasteiger partial charge < -0.3 is 44.7 Å². The number of allylic oxidation sites excluding steroid dienone is 1. The molecule has 6 rings (SSSR count). The summed E-state index contributed by atoms with van der Waals surface area (Å²) >= 11 is 0. The Labute approximate surface area is 330 Å². The van der Waals surface area contributed by atoms with Gasteiger partial charge in [0.1, 0.15) is 30.0 Å². The van der Waals surface area contributed by atoms with Gasteiger partial charge in [-0.2, -0.15) is 0 Å². The molecule has 14 nitrogen and oxygen atoms in total. The highest BCUT2D eigenvalue weighted by molar-refractivity contribution is 5.95. The van der Waals surface area contributed by atoms with Crippen LogP contribution in [-0.2, 0) is 38.1 Å². The first-order chi connectivity index (χ1) is 26.8. The minimum atomic E-state index is -2.34. The van der Waals surface area contributed by atoms with Gasteiger partial charge in [-0.15, -0.1) is 0 Å². The number of amides is 1. The Morgan fingerprint density at radius 2 is 1.58 bits per heavy atom. The third kappa shape index (κ3) is 6.70. The summed E-state index contributed by atoms with van der Waals surface area (Å²) in [6.45, 7) is 10.1. The molecule has 3 fully saturated rings. The summed E-state index contributed by atoms with van der Waals surface area (Å²) in [7, 11) is 0. The number of esters is 3. The van der Waals surface area contributed by atoms with E-state index in [4.69, 9.17) is 18.9 Å². The first-order valence-electron chi connectivity index (χ1n) is 19.0. The lowest BCUT2D eigenvalue weighted by molar-refractivity contribution is -0.346. The average molecular weight is 790 g/mol. The zero-order valence-electron chi connectivity index (χ0n) is 33.1. The molecule has 0 spiro atoms. The van der Waals surface area contributed by atoms with Crippen molar-refractivity contribution in [3.63, 3.8) is 0 Å². The molecule has 2 aromatic rings. The second-order valence-corrected chi connectivity index (χ2v) is 16.4. The van der Waals surface area contributed by atoms with Gasteiger partial charge in [-0.25, -0.2) is 9.59 Å². The SMILES string of the molecule is C/C=C(/C)C(=O)N[C@@H](c1ccccc1)[C@@H](O)C(=O)O[C@H]1C[C@@]2(O)[C@@H](OC(=O)c3ccccc3)[C@@H]3[C@]4(OC(C)=O)CO[C@@H]4C[C@@H](O)[C@@]3(C)C(=O)[C@H](O)C(=C1C)C2(C)C. The van der Waals surface area contributed by atoms with E-state index >= 15 is 0 Å². The molecule has 5 N–H and O–H groups in total. The number of rotatable bonds is 9. The van der Waals surface area contributed by atoms with E-state index in [1.165, 1.54) is 26.0 Å². The number of benzene rings is 2. The monoisotopic (exact) mass is 789 g/mol. The molecule has 2 saturated carbocycles. The highest BCUT2D eigenvalue weighted by Crippen LogP contribution is 2.64. The van der Waals surface area contributed by atoms with Gasteiger partial charge in [0.05, 0.1) is 35.6 Å². The van der Waals surface area contributed by atoms with Gasteiger partial charge in [0.15, 0.2) is 17.5 Å². The van der Waals surface area contributed by atoms with Crippen molar-refractivity contribution in [2.45, 2.75) is 115 Å². The van der Waals surface area contributed by atoms with E-state index in [0.717, 1.165) is 6.92 Å². The summed E-state index contributed by atoms with van der Waals surface area (Å²) in [5.41, 5.74) is -6.75. The number of nitrogens with one attached hydrogen (secondary N) is 1. The number of hydrogen-bond acceptors (Lipinski definition) is 13. The van der Waals surface area contributed by atoms with Crippen molar-refractivity contribution >= 4 is 29.6 Å². The highest BCUT2D eigenvalue weighted by Gasteiger charge is 2.78. The van der Waals surface area contributed by atoms with E-state index in [1.54, 1.807) is 82.3 Å². The number of ether oxygens (including phenoxy) is 4. The molecule has 3 aliphatic carbocycles. The van der Waals surface area contributed by atoms with E-state index in [-0.39, 0.29) is 29.7 Å². The van der Waals surface area contributed by atoms with Crippen molar-refractivity contribution in [3.8, 4) is 0 Å². The highest BCUT2D eigenvalue weighted by atomic mass is 16.6. The third-order valence-corrected chi connectivity index (χ3v) is 13.0. The number of hydrogen-bond donors (Lipinski definition) is 5. The maximum Gasteiger partial charge on any atom is 0.338 e. The second-order valence-electron chi connectivity index (χ2n) is 16.4.